The Morgan fingerprint density at radius 2 is 2.31 bits per heavy atom. The van der Waals surface area contributed by atoms with Gasteiger partial charge < -0.3 is 9.88 Å². The molecule has 0 spiro atoms. The highest BCUT2D eigenvalue weighted by Gasteiger charge is 2.07. The van der Waals surface area contributed by atoms with Crippen LogP contribution < -0.4 is 5.32 Å². The second-order valence-corrected chi connectivity index (χ2v) is 5.37. The van der Waals surface area contributed by atoms with Gasteiger partial charge in [0.15, 0.2) is 0 Å². The van der Waals surface area contributed by atoms with Gasteiger partial charge in [-0.05, 0) is 26.0 Å². The highest BCUT2D eigenvalue weighted by Crippen LogP contribution is 2.22. The summed E-state index contributed by atoms with van der Waals surface area (Å²) in [7, 11) is 2.02. The van der Waals surface area contributed by atoms with E-state index < -0.39 is 0 Å². The molecule has 3 nitrogen and oxygen atoms in total. The second-order valence-electron chi connectivity index (χ2n) is 4.05. The summed E-state index contributed by atoms with van der Waals surface area (Å²) in [4.78, 5) is 6.86. The Labute approximate surface area is 100 Å². The molecule has 0 radical (unpaired) electrons. The average molecular weight is 235 g/mol. The largest absolute Gasteiger partial charge is 0.337 e. The Kier molecular flexibility index (Phi) is 3.41. The van der Waals surface area contributed by atoms with E-state index in [2.05, 4.69) is 36.3 Å². The predicted octanol–water partition coefficient (Wildman–Crippen LogP) is 2.64. The van der Waals surface area contributed by atoms with Gasteiger partial charge in [0.25, 0.3) is 0 Å². The molecule has 0 saturated carbocycles. The highest BCUT2D eigenvalue weighted by molar-refractivity contribution is 7.12. The monoisotopic (exact) mass is 235 g/mol. The first-order chi connectivity index (χ1) is 7.66. The first-order valence-electron chi connectivity index (χ1n) is 5.41. The molecule has 1 atom stereocenters. The lowest BCUT2D eigenvalue weighted by Gasteiger charge is -2.12. The summed E-state index contributed by atoms with van der Waals surface area (Å²) in [6.45, 7) is 5.19. The number of nitrogens with one attached hydrogen (secondary N) is 1. The zero-order chi connectivity index (χ0) is 11.5. The standard InChI is InChI=1S/C12H17N3S/c1-9-4-5-12(16-9)10(2)14-7-11-6-13-8-15(11)3/h4-6,8,10,14H,7H2,1-3H3. The third-order valence-electron chi connectivity index (χ3n) is 2.69. The van der Waals surface area contributed by atoms with Crippen LogP contribution in [0.15, 0.2) is 24.7 Å². The molecule has 16 heavy (non-hydrogen) atoms. The van der Waals surface area contributed by atoms with Crippen LogP contribution in [0.4, 0.5) is 0 Å². The van der Waals surface area contributed by atoms with Crippen LogP contribution in [0.1, 0.15) is 28.4 Å². The number of imidazole rings is 1. The molecule has 1 N–H and O–H groups in total. The first-order valence-corrected chi connectivity index (χ1v) is 6.23. The van der Waals surface area contributed by atoms with E-state index in [-0.39, 0.29) is 0 Å². The first kappa shape index (κ1) is 11.4. The van der Waals surface area contributed by atoms with Crippen molar-refractivity contribution in [3.05, 3.63) is 40.1 Å². The molecular formula is C12H17N3S. The van der Waals surface area contributed by atoms with Crippen LogP contribution in [0.5, 0.6) is 0 Å². The van der Waals surface area contributed by atoms with E-state index in [1.807, 2.05) is 35.5 Å². The molecule has 0 bridgehead atoms. The summed E-state index contributed by atoms with van der Waals surface area (Å²) in [6.07, 6.45) is 3.73. The molecule has 2 aromatic rings. The SMILES string of the molecule is Cc1ccc(C(C)NCc2cncn2C)s1. The lowest BCUT2D eigenvalue weighted by molar-refractivity contribution is 0.565. The van der Waals surface area contributed by atoms with Crippen molar-refractivity contribution in [2.75, 3.05) is 0 Å². The van der Waals surface area contributed by atoms with Gasteiger partial charge in [0.05, 0.1) is 12.0 Å². The van der Waals surface area contributed by atoms with Crippen LogP contribution in [0.2, 0.25) is 0 Å². The van der Waals surface area contributed by atoms with Crippen molar-refractivity contribution in [2.45, 2.75) is 26.4 Å². The zero-order valence-electron chi connectivity index (χ0n) is 9.90. The quantitative estimate of drug-likeness (QED) is 0.883. The van der Waals surface area contributed by atoms with Gasteiger partial charge in [0, 0.05) is 35.6 Å². The summed E-state index contributed by atoms with van der Waals surface area (Å²) in [5, 5.41) is 3.51. The average Bonchev–Trinajstić information content (AvgIpc) is 2.84. The fraction of sp³-hybridized carbons (Fsp3) is 0.417. The van der Waals surface area contributed by atoms with Gasteiger partial charge in [-0.15, -0.1) is 11.3 Å². The maximum atomic E-state index is 4.10. The third-order valence-corrected chi connectivity index (χ3v) is 3.88. The van der Waals surface area contributed by atoms with E-state index in [0.717, 1.165) is 6.54 Å². The maximum Gasteiger partial charge on any atom is 0.0945 e. The molecule has 0 aromatic carbocycles. The van der Waals surface area contributed by atoms with Crippen molar-refractivity contribution < 1.29 is 0 Å². The van der Waals surface area contributed by atoms with Crippen LogP contribution in [0.25, 0.3) is 0 Å². The fourth-order valence-corrected chi connectivity index (χ4v) is 2.50. The summed E-state index contributed by atoms with van der Waals surface area (Å²) < 4.78 is 2.04. The normalized spacial score (nSPS) is 12.9. The molecule has 0 aliphatic rings. The topological polar surface area (TPSA) is 29.9 Å². The Hall–Kier alpha value is -1.13. The molecular weight excluding hydrogens is 218 g/mol. The van der Waals surface area contributed by atoms with Gasteiger partial charge >= 0.3 is 0 Å². The molecule has 1 unspecified atom stereocenters. The molecule has 4 heteroatoms. The minimum absolute atomic E-state index is 0.397. The Bertz CT molecular complexity index is 458. The van der Waals surface area contributed by atoms with E-state index in [0.29, 0.717) is 6.04 Å². The van der Waals surface area contributed by atoms with E-state index in [4.69, 9.17) is 0 Å². The molecule has 0 saturated heterocycles. The molecule has 0 aliphatic heterocycles. The van der Waals surface area contributed by atoms with Crippen molar-refractivity contribution in [2.24, 2.45) is 7.05 Å². The van der Waals surface area contributed by atoms with Crippen LogP contribution >= 0.6 is 11.3 Å². The van der Waals surface area contributed by atoms with Gasteiger partial charge in [0.2, 0.25) is 0 Å². The van der Waals surface area contributed by atoms with E-state index in [9.17, 15) is 0 Å². The number of thiophene rings is 1. The maximum absolute atomic E-state index is 4.10. The fourth-order valence-electron chi connectivity index (χ4n) is 1.60. The Morgan fingerprint density at radius 3 is 2.88 bits per heavy atom. The summed E-state index contributed by atoms with van der Waals surface area (Å²) in [5.41, 5.74) is 1.21. The zero-order valence-corrected chi connectivity index (χ0v) is 10.7. The van der Waals surface area contributed by atoms with Crippen molar-refractivity contribution >= 4 is 11.3 Å². The summed E-state index contributed by atoms with van der Waals surface area (Å²) >= 11 is 1.85. The minimum atomic E-state index is 0.397. The number of aryl methyl sites for hydroxylation is 2. The number of hydrogen-bond acceptors (Lipinski definition) is 3. The lowest BCUT2D eigenvalue weighted by Crippen LogP contribution is -2.18. The predicted molar refractivity (Wildman–Crippen MR) is 67.5 cm³/mol. The van der Waals surface area contributed by atoms with E-state index >= 15 is 0 Å². The van der Waals surface area contributed by atoms with Gasteiger partial charge in [-0.3, -0.25) is 0 Å². The van der Waals surface area contributed by atoms with Gasteiger partial charge in [-0.1, -0.05) is 0 Å². The Morgan fingerprint density at radius 1 is 1.50 bits per heavy atom. The van der Waals surface area contributed by atoms with E-state index in [1.54, 1.807) is 0 Å². The van der Waals surface area contributed by atoms with Crippen molar-refractivity contribution in [3.63, 3.8) is 0 Å². The second kappa shape index (κ2) is 4.80. The van der Waals surface area contributed by atoms with E-state index in [1.165, 1.54) is 15.4 Å². The molecule has 2 heterocycles. The molecule has 86 valence electrons. The summed E-state index contributed by atoms with van der Waals surface area (Å²) in [6, 6.07) is 4.76. The number of rotatable bonds is 4. The Balaban J connectivity index is 1.93. The van der Waals surface area contributed by atoms with Crippen LogP contribution in [-0.4, -0.2) is 9.55 Å². The van der Waals surface area contributed by atoms with Crippen LogP contribution in [0.3, 0.4) is 0 Å². The molecule has 0 aliphatic carbocycles. The van der Waals surface area contributed by atoms with Crippen molar-refractivity contribution in [3.8, 4) is 0 Å². The number of hydrogen-bond donors (Lipinski definition) is 1. The number of aromatic nitrogens is 2. The molecule has 2 aromatic heterocycles. The number of nitrogens with zero attached hydrogens (tertiary/aromatic N) is 2. The molecule has 0 amide bonds. The van der Waals surface area contributed by atoms with Gasteiger partial charge in [-0.25, -0.2) is 4.98 Å². The van der Waals surface area contributed by atoms with Crippen LogP contribution in [-0.2, 0) is 13.6 Å². The molecule has 0 fully saturated rings. The molecule has 2 rings (SSSR count). The third kappa shape index (κ3) is 2.51. The van der Waals surface area contributed by atoms with Gasteiger partial charge in [0.1, 0.15) is 0 Å². The van der Waals surface area contributed by atoms with Crippen LogP contribution in [0, 0.1) is 6.92 Å². The van der Waals surface area contributed by atoms with Crippen molar-refractivity contribution in [1.29, 1.82) is 0 Å². The van der Waals surface area contributed by atoms with Gasteiger partial charge in [-0.2, -0.15) is 0 Å². The minimum Gasteiger partial charge on any atom is -0.337 e. The highest BCUT2D eigenvalue weighted by atomic mass is 32.1. The lowest BCUT2D eigenvalue weighted by atomic mass is 10.2. The smallest absolute Gasteiger partial charge is 0.0945 e. The van der Waals surface area contributed by atoms with Crippen molar-refractivity contribution in [1.82, 2.24) is 14.9 Å². The summed E-state index contributed by atoms with van der Waals surface area (Å²) in [5.74, 6) is 0.